The highest BCUT2D eigenvalue weighted by molar-refractivity contribution is 5.79. The van der Waals surface area contributed by atoms with Gasteiger partial charge >= 0.3 is 11.9 Å². The fourth-order valence-corrected chi connectivity index (χ4v) is 2.27. The number of hydrogen-bond acceptors (Lipinski definition) is 4. The highest BCUT2D eigenvalue weighted by Crippen LogP contribution is 2.11. The summed E-state index contributed by atoms with van der Waals surface area (Å²) in [4.78, 5) is 23.4. The first-order chi connectivity index (χ1) is 11.5. The zero-order valence-corrected chi connectivity index (χ0v) is 14.0. The lowest BCUT2D eigenvalue weighted by Crippen LogP contribution is -2.19. The summed E-state index contributed by atoms with van der Waals surface area (Å²) in [6, 6.07) is 16.6. The van der Waals surface area contributed by atoms with Crippen LogP contribution in [-0.4, -0.2) is 18.5 Å². The van der Waals surface area contributed by atoms with Gasteiger partial charge in [0.15, 0.2) is 6.61 Å². The fourth-order valence-electron chi connectivity index (χ4n) is 2.27. The monoisotopic (exact) mass is 326 g/mol. The van der Waals surface area contributed by atoms with Crippen LogP contribution in [-0.2, 0) is 27.2 Å². The standard InChI is InChI=1S/C20H22O4/c1-15(2)12-16-8-10-17(11-9-16)13-19(21)23-14-20(22)24-18-6-4-3-5-7-18/h3-11,15H,12-14H2,1-2H3. The third kappa shape index (κ3) is 6.24. The van der Waals surface area contributed by atoms with Gasteiger partial charge in [-0.2, -0.15) is 0 Å². The third-order valence-electron chi connectivity index (χ3n) is 3.34. The van der Waals surface area contributed by atoms with Crippen molar-refractivity contribution in [3.05, 3.63) is 65.7 Å². The van der Waals surface area contributed by atoms with Gasteiger partial charge in [-0.25, -0.2) is 4.79 Å². The molecule has 0 bridgehead atoms. The molecule has 0 aliphatic heterocycles. The average molecular weight is 326 g/mol. The summed E-state index contributed by atoms with van der Waals surface area (Å²) in [5.41, 5.74) is 2.11. The van der Waals surface area contributed by atoms with E-state index in [-0.39, 0.29) is 13.0 Å². The number of carbonyl (C=O) groups excluding carboxylic acids is 2. The van der Waals surface area contributed by atoms with Crippen molar-refractivity contribution in [2.45, 2.75) is 26.7 Å². The molecule has 0 saturated carbocycles. The summed E-state index contributed by atoms with van der Waals surface area (Å²) in [5, 5.41) is 0. The Labute approximate surface area is 142 Å². The van der Waals surface area contributed by atoms with Gasteiger partial charge in [0.25, 0.3) is 0 Å². The Kier molecular flexibility index (Phi) is 6.55. The second kappa shape index (κ2) is 8.87. The van der Waals surface area contributed by atoms with Crippen molar-refractivity contribution in [1.29, 1.82) is 0 Å². The van der Waals surface area contributed by atoms with E-state index < -0.39 is 11.9 Å². The van der Waals surface area contributed by atoms with Crippen LogP contribution in [0.5, 0.6) is 5.75 Å². The minimum atomic E-state index is -0.596. The number of benzene rings is 2. The Balaban J connectivity index is 1.75. The molecule has 0 fully saturated rings. The molecule has 2 aromatic rings. The zero-order chi connectivity index (χ0) is 17.4. The van der Waals surface area contributed by atoms with E-state index in [0.717, 1.165) is 12.0 Å². The van der Waals surface area contributed by atoms with Crippen LogP contribution in [0.25, 0.3) is 0 Å². The van der Waals surface area contributed by atoms with Crippen molar-refractivity contribution in [2.24, 2.45) is 5.92 Å². The first-order valence-corrected chi connectivity index (χ1v) is 8.02. The number of ether oxygens (including phenoxy) is 2. The molecule has 0 N–H and O–H groups in total. The second-order valence-corrected chi connectivity index (χ2v) is 6.04. The first kappa shape index (κ1) is 17.7. The average Bonchev–Trinajstić information content (AvgIpc) is 2.55. The maximum absolute atomic E-state index is 11.8. The van der Waals surface area contributed by atoms with E-state index >= 15 is 0 Å². The SMILES string of the molecule is CC(C)Cc1ccc(CC(=O)OCC(=O)Oc2ccccc2)cc1. The fraction of sp³-hybridized carbons (Fsp3) is 0.300. The summed E-state index contributed by atoms with van der Waals surface area (Å²) in [6.07, 6.45) is 1.15. The summed E-state index contributed by atoms with van der Waals surface area (Å²) in [7, 11) is 0. The molecule has 2 aromatic carbocycles. The Bertz CT molecular complexity index is 660. The van der Waals surface area contributed by atoms with Crippen molar-refractivity contribution in [2.75, 3.05) is 6.61 Å². The van der Waals surface area contributed by atoms with Crippen LogP contribution < -0.4 is 4.74 Å². The molecule has 0 heterocycles. The minimum Gasteiger partial charge on any atom is -0.453 e. The maximum atomic E-state index is 11.8. The van der Waals surface area contributed by atoms with E-state index in [4.69, 9.17) is 9.47 Å². The van der Waals surface area contributed by atoms with E-state index in [1.165, 1.54) is 5.56 Å². The van der Waals surface area contributed by atoms with E-state index in [2.05, 4.69) is 13.8 Å². The van der Waals surface area contributed by atoms with Gasteiger partial charge in [0.1, 0.15) is 5.75 Å². The molecule has 0 aliphatic rings. The van der Waals surface area contributed by atoms with Gasteiger partial charge in [0.2, 0.25) is 0 Å². The van der Waals surface area contributed by atoms with Crippen LogP contribution in [0.3, 0.4) is 0 Å². The lowest BCUT2D eigenvalue weighted by atomic mass is 10.0. The molecular formula is C20H22O4. The second-order valence-electron chi connectivity index (χ2n) is 6.04. The summed E-state index contributed by atoms with van der Waals surface area (Å²) >= 11 is 0. The highest BCUT2D eigenvalue weighted by atomic mass is 16.6. The number of para-hydroxylation sites is 1. The predicted molar refractivity (Wildman–Crippen MR) is 91.7 cm³/mol. The van der Waals surface area contributed by atoms with Crippen LogP contribution in [0.4, 0.5) is 0 Å². The normalized spacial score (nSPS) is 10.5. The molecule has 0 saturated heterocycles. The van der Waals surface area contributed by atoms with Gasteiger partial charge in [-0.05, 0) is 35.6 Å². The molecule has 0 atom stereocenters. The first-order valence-electron chi connectivity index (χ1n) is 8.02. The van der Waals surface area contributed by atoms with Crippen molar-refractivity contribution in [3.63, 3.8) is 0 Å². The number of hydrogen-bond donors (Lipinski definition) is 0. The van der Waals surface area contributed by atoms with Gasteiger partial charge in [-0.15, -0.1) is 0 Å². The van der Waals surface area contributed by atoms with Gasteiger partial charge in [-0.1, -0.05) is 56.3 Å². The predicted octanol–water partition coefficient (Wildman–Crippen LogP) is 3.58. The lowest BCUT2D eigenvalue weighted by Gasteiger charge is -2.07. The largest absolute Gasteiger partial charge is 0.453 e. The Morgan fingerprint density at radius 1 is 0.875 bits per heavy atom. The highest BCUT2D eigenvalue weighted by Gasteiger charge is 2.10. The van der Waals surface area contributed by atoms with E-state index in [9.17, 15) is 9.59 Å². The molecule has 2 rings (SSSR count). The molecule has 0 amide bonds. The van der Waals surface area contributed by atoms with Gasteiger partial charge in [-0.3, -0.25) is 4.79 Å². The third-order valence-corrected chi connectivity index (χ3v) is 3.34. The lowest BCUT2D eigenvalue weighted by molar-refractivity contribution is -0.153. The summed E-state index contributed by atoms with van der Waals surface area (Å²) in [5.74, 6) is -0.0193. The molecule has 0 aliphatic carbocycles. The Morgan fingerprint density at radius 3 is 2.12 bits per heavy atom. The minimum absolute atomic E-state index is 0.139. The summed E-state index contributed by atoms with van der Waals surface area (Å²) in [6.45, 7) is 3.94. The van der Waals surface area contributed by atoms with Crippen LogP contribution in [0, 0.1) is 5.92 Å². The molecule has 4 nitrogen and oxygen atoms in total. The van der Waals surface area contributed by atoms with Crippen molar-refractivity contribution in [3.8, 4) is 5.75 Å². The maximum Gasteiger partial charge on any atom is 0.349 e. The number of esters is 2. The van der Waals surface area contributed by atoms with Crippen LogP contribution in [0.1, 0.15) is 25.0 Å². The van der Waals surface area contributed by atoms with Gasteiger partial charge in [0, 0.05) is 0 Å². The van der Waals surface area contributed by atoms with Crippen LogP contribution >= 0.6 is 0 Å². The van der Waals surface area contributed by atoms with E-state index in [1.807, 2.05) is 30.3 Å². The molecule has 0 spiro atoms. The van der Waals surface area contributed by atoms with Crippen molar-refractivity contribution >= 4 is 11.9 Å². The number of rotatable bonds is 7. The van der Waals surface area contributed by atoms with Crippen LogP contribution in [0.15, 0.2) is 54.6 Å². The number of carbonyl (C=O) groups is 2. The van der Waals surface area contributed by atoms with Crippen molar-refractivity contribution in [1.82, 2.24) is 0 Å². The molecule has 126 valence electrons. The summed E-state index contributed by atoms with van der Waals surface area (Å²) < 4.78 is 10.0. The zero-order valence-electron chi connectivity index (χ0n) is 14.0. The van der Waals surface area contributed by atoms with Gasteiger partial charge in [0.05, 0.1) is 6.42 Å². The molecule has 0 radical (unpaired) electrons. The quantitative estimate of drug-likeness (QED) is 0.576. The molecule has 4 heteroatoms. The molecular weight excluding hydrogens is 304 g/mol. The molecule has 24 heavy (non-hydrogen) atoms. The van der Waals surface area contributed by atoms with Crippen LogP contribution in [0.2, 0.25) is 0 Å². The van der Waals surface area contributed by atoms with Crippen molar-refractivity contribution < 1.29 is 19.1 Å². The Hall–Kier alpha value is -2.62. The molecule has 0 aromatic heterocycles. The van der Waals surface area contributed by atoms with E-state index in [0.29, 0.717) is 11.7 Å². The Morgan fingerprint density at radius 2 is 1.50 bits per heavy atom. The van der Waals surface area contributed by atoms with E-state index in [1.54, 1.807) is 24.3 Å². The smallest absolute Gasteiger partial charge is 0.349 e. The van der Waals surface area contributed by atoms with Gasteiger partial charge < -0.3 is 9.47 Å². The topological polar surface area (TPSA) is 52.6 Å². The molecule has 0 unspecified atom stereocenters.